The monoisotopic (exact) mass is 1030 g/mol. The van der Waals surface area contributed by atoms with Crippen LogP contribution in [-0.4, -0.2) is 100 Å². The van der Waals surface area contributed by atoms with Crippen LogP contribution in [0.2, 0.25) is 0 Å². The number of urea groups is 1. The van der Waals surface area contributed by atoms with Crippen LogP contribution in [0.4, 0.5) is 83.8 Å². The topological polar surface area (TPSA) is 261 Å². The van der Waals surface area contributed by atoms with Crippen molar-refractivity contribution in [2.24, 2.45) is 38.3 Å². The summed E-state index contributed by atoms with van der Waals surface area (Å²) < 4.78 is 230. The number of carbonyl (C=O) groups is 5. The van der Waals surface area contributed by atoms with Crippen molar-refractivity contribution in [3.05, 3.63) is 69.8 Å². The fourth-order valence-corrected chi connectivity index (χ4v) is 5.81. The van der Waals surface area contributed by atoms with Crippen molar-refractivity contribution in [2.75, 3.05) is 26.2 Å². The lowest BCUT2D eigenvalue weighted by molar-refractivity contribution is -0.193. The van der Waals surface area contributed by atoms with Crippen molar-refractivity contribution in [1.82, 2.24) is 9.80 Å². The molecule has 0 bridgehead atoms. The van der Waals surface area contributed by atoms with Crippen molar-refractivity contribution < 1.29 is 113 Å². The molecule has 15 nitrogen and oxygen atoms in total. The minimum atomic E-state index is -5.44. The minimum absolute atomic E-state index is 0.0551. The summed E-state index contributed by atoms with van der Waals surface area (Å²) in [7, 11) is 0. The average Bonchev–Trinajstić information content (AvgIpc) is 3.17. The molecule has 10 N–H and O–H groups in total. The Morgan fingerprint density at radius 2 is 0.725 bits per heavy atom. The molecule has 0 spiro atoms. The molecule has 1 fully saturated rings. The maximum absolute atomic E-state index is 14.4. The van der Waals surface area contributed by atoms with Crippen LogP contribution in [0.15, 0.2) is 46.4 Å². The standard InChI is InChI=1S/C32H34F12N8O3.2C2HF3O2/c33-29(34,35)19-9-17(10-20(13-19)30(36,37)38)15-28(16-18-11-21(31(39,40)41)14-22(12-18)32(42,43)44)23(53)51(7-3-1-5-49-25(45)46)27(55)52(24(28)54)8-4-2-6-50-26(47)48;2*3-2(4,5)1(6)7/h9-14H,1-8,15-16H2,(H4,45,46,49)(H4,47,48,50);2*(H,6,7). The second-order valence-corrected chi connectivity index (χ2v) is 14.1. The molecule has 0 aliphatic carbocycles. The quantitative estimate of drug-likeness (QED) is 0.0381. The number of carboxylic acids is 2. The number of guanidine groups is 2. The summed E-state index contributed by atoms with van der Waals surface area (Å²) in [5.74, 6) is -9.38. The maximum Gasteiger partial charge on any atom is 0.490 e. The molecule has 33 heteroatoms. The number of hydrogen-bond acceptors (Lipinski definition) is 7. The summed E-state index contributed by atoms with van der Waals surface area (Å²) in [6, 6.07) is -1.24. The van der Waals surface area contributed by atoms with Crippen LogP contribution in [0.1, 0.15) is 59.1 Å². The van der Waals surface area contributed by atoms with Gasteiger partial charge in [0.2, 0.25) is 11.8 Å². The van der Waals surface area contributed by atoms with Crippen LogP contribution in [0.3, 0.4) is 0 Å². The van der Waals surface area contributed by atoms with Gasteiger partial charge in [0.05, 0.1) is 22.3 Å². The van der Waals surface area contributed by atoms with Gasteiger partial charge in [-0.25, -0.2) is 14.4 Å². The molecular formula is C36H36F18N8O7. The third-order valence-electron chi connectivity index (χ3n) is 8.73. The number of amides is 4. The minimum Gasteiger partial charge on any atom is -0.475 e. The SMILES string of the molecule is NC(N)=NCCCCN1C(=O)N(CCCCN=C(N)N)C(=O)C(Cc2cc(C(F)(F)F)cc(C(F)(F)F)c2)(Cc2cc(C(F)(F)F)cc(C(F)(F)F)c2)C1=O.O=C(O)C(F)(F)F.O=C(O)C(F)(F)F. The molecule has 2 aromatic rings. The molecule has 0 aromatic heterocycles. The van der Waals surface area contributed by atoms with E-state index in [4.69, 9.17) is 42.7 Å². The Kier molecular flexibility index (Phi) is 20.1. The summed E-state index contributed by atoms with van der Waals surface area (Å²) in [6.07, 6.45) is -34.9. The van der Waals surface area contributed by atoms with Crippen molar-refractivity contribution in [2.45, 2.75) is 75.6 Å². The van der Waals surface area contributed by atoms with E-state index in [9.17, 15) is 93.4 Å². The van der Waals surface area contributed by atoms with Crippen LogP contribution in [-0.2, 0) is 56.7 Å². The van der Waals surface area contributed by atoms with E-state index >= 15 is 0 Å². The van der Waals surface area contributed by atoms with Gasteiger partial charge in [-0.1, -0.05) is 0 Å². The normalized spacial score (nSPS) is 14.6. The highest BCUT2D eigenvalue weighted by atomic mass is 19.4. The number of rotatable bonds is 14. The van der Waals surface area contributed by atoms with E-state index in [2.05, 4.69) is 9.98 Å². The van der Waals surface area contributed by atoms with Gasteiger partial charge in [0.1, 0.15) is 5.41 Å². The molecule has 0 unspecified atom stereocenters. The van der Waals surface area contributed by atoms with Gasteiger partial charge in [-0.15, -0.1) is 0 Å². The van der Waals surface area contributed by atoms with Gasteiger partial charge in [-0.05, 0) is 86.1 Å². The summed E-state index contributed by atoms with van der Waals surface area (Å²) in [6.45, 7) is -1.31. The number of nitrogens with two attached hydrogens (primary N) is 4. The molecule has 1 heterocycles. The van der Waals surface area contributed by atoms with Gasteiger partial charge in [-0.3, -0.25) is 29.4 Å². The largest absolute Gasteiger partial charge is 0.490 e. The van der Waals surface area contributed by atoms with E-state index in [0.29, 0.717) is 9.80 Å². The van der Waals surface area contributed by atoms with E-state index in [-0.39, 0.29) is 87.1 Å². The molecule has 3 rings (SSSR count). The number of hydrogen-bond donors (Lipinski definition) is 6. The predicted molar refractivity (Wildman–Crippen MR) is 199 cm³/mol. The van der Waals surface area contributed by atoms with Gasteiger partial charge in [0.25, 0.3) is 0 Å². The van der Waals surface area contributed by atoms with Gasteiger partial charge in [0, 0.05) is 26.2 Å². The van der Waals surface area contributed by atoms with Crippen molar-refractivity contribution in [3.8, 4) is 0 Å². The molecular weight excluding hydrogens is 998 g/mol. The predicted octanol–water partition coefficient (Wildman–Crippen LogP) is 6.70. The van der Waals surface area contributed by atoms with Crippen LogP contribution in [0.5, 0.6) is 0 Å². The lowest BCUT2D eigenvalue weighted by atomic mass is 9.72. The van der Waals surface area contributed by atoms with E-state index in [1.54, 1.807) is 0 Å². The van der Waals surface area contributed by atoms with Crippen molar-refractivity contribution in [1.29, 1.82) is 0 Å². The Morgan fingerprint density at radius 3 is 0.928 bits per heavy atom. The number of imide groups is 2. The highest BCUT2D eigenvalue weighted by Crippen LogP contribution is 2.43. The lowest BCUT2D eigenvalue weighted by Gasteiger charge is -2.44. The molecule has 2 aromatic carbocycles. The number of barbiturate groups is 1. The number of benzene rings is 2. The zero-order chi connectivity index (χ0) is 53.9. The fraction of sp³-hybridized carbons (Fsp3) is 0.472. The van der Waals surface area contributed by atoms with Crippen LogP contribution in [0.25, 0.3) is 0 Å². The number of aliphatic imine (C=N–C) groups is 2. The maximum atomic E-state index is 14.4. The van der Waals surface area contributed by atoms with Crippen molar-refractivity contribution in [3.63, 3.8) is 0 Å². The summed E-state index contributed by atoms with van der Waals surface area (Å²) in [5.41, 5.74) is 8.43. The first kappa shape index (κ1) is 60.3. The van der Waals surface area contributed by atoms with Crippen LogP contribution < -0.4 is 22.9 Å². The number of alkyl halides is 18. The molecule has 1 aliphatic rings. The van der Waals surface area contributed by atoms with E-state index in [1.807, 2.05) is 0 Å². The first-order valence-electron chi connectivity index (χ1n) is 18.5. The summed E-state index contributed by atoms with van der Waals surface area (Å²) in [5, 5.41) is 14.2. The van der Waals surface area contributed by atoms with Gasteiger partial charge < -0.3 is 33.1 Å². The molecule has 0 saturated carbocycles. The molecule has 0 radical (unpaired) electrons. The van der Waals surface area contributed by atoms with Gasteiger partial charge >= 0.3 is 55.0 Å². The van der Waals surface area contributed by atoms with E-state index in [1.165, 1.54) is 0 Å². The Hall–Kier alpha value is -6.73. The first-order chi connectivity index (χ1) is 31.0. The van der Waals surface area contributed by atoms with Gasteiger partial charge in [0.15, 0.2) is 11.9 Å². The summed E-state index contributed by atoms with van der Waals surface area (Å²) >= 11 is 0. The smallest absolute Gasteiger partial charge is 0.475 e. The molecule has 4 amide bonds. The number of nitrogens with zero attached hydrogens (tertiary/aromatic N) is 4. The molecule has 0 atom stereocenters. The number of carboxylic acid groups (broad SMARTS) is 2. The van der Waals surface area contributed by atoms with Gasteiger partial charge in [-0.2, -0.15) is 79.0 Å². The van der Waals surface area contributed by atoms with E-state index < -0.39 is 132 Å². The lowest BCUT2D eigenvalue weighted by Crippen LogP contribution is -2.66. The summed E-state index contributed by atoms with van der Waals surface area (Å²) in [4.78, 5) is 68.6. The second-order valence-electron chi connectivity index (χ2n) is 14.1. The Labute approximate surface area is 374 Å². The highest BCUT2D eigenvalue weighted by Gasteiger charge is 2.57. The average molecular weight is 1030 g/mol. The Morgan fingerprint density at radius 1 is 0.478 bits per heavy atom. The molecule has 69 heavy (non-hydrogen) atoms. The molecule has 1 aliphatic heterocycles. The first-order valence-corrected chi connectivity index (χ1v) is 18.5. The van der Waals surface area contributed by atoms with Crippen molar-refractivity contribution >= 4 is 41.7 Å². The second kappa shape index (κ2) is 23.0. The number of carbonyl (C=O) groups excluding carboxylic acids is 3. The van der Waals surface area contributed by atoms with Crippen LogP contribution in [0, 0.1) is 5.41 Å². The number of halogens is 18. The Bertz CT molecular complexity index is 2000. The van der Waals surface area contributed by atoms with Crippen LogP contribution >= 0.6 is 0 Å². The highest BCUT2D eigenvalue weighted by molar-refractivity contribution is 6.19. The zero-order valence-corrected chi connectivity index (χ0v) is 34.4. The number of aliphatic carboxylic acids is 2. The fourth-order valence-electron chi connectivity index (χ4n) is 5.81. The Balaban J connectivity index is 0.00000147. The molecule has 388 valence electrons. The van der Waals surface area contributed by atoms with E-state index in [0.717, 1.165) is 0 Å². The molecule has 1 saturated heterocycles. The zero-order valence-electron chi connectivity index (χ0n) is 34.4. The number of unbranched alkanes of at least 4 members (excludes halogenated alkanes) is 2. The third-order valence-corrected chi connectivity index (χ3v) is 8.73. The third kappa shape index (κ3) is 18.7.